The highest BCUT2D eigenvalue weighted by molar-refractivity contribution is 7.90. The van der Waals surface area contributed by atoms with Crippen LogP contribution in [0.2, 0.25) is 0 Å². The lowest BCUT2D eigenvalue weighted by atomic mass is 10.2. The summed E-state index contributed by atoms with van der Waals surface area (Å²) >= 11 is 0. The van der Waals surface area contributed by atoms with E-state index in [-0.39, 0.29) is 18.1 Å². The van der Waals surface area contributed by atoms with Crippen LogP contribution >= 0.6 is 0 Å². The standard InChI is InChI=1S/C10H13FO3S/c1-8-3-4-9(11)10(7-8)14-5-6-15(2,12)13/h3-4,7H,5-6H2,1-2H3. The van der Waals surface area contributed by atoms with Crippen molar-refractivity contribution in [3.05, 3.63) is 29.6 Å². The SMILES string of the molecule is Cc1ccc(F)c(OCCS(C)(=O)=O)c1. The summed E-state index contributed by atoms with van der Waals surface area (Å²) < 4.78 is 39.8. The van der Waals surface area contributed by atoms with Crippen LogP contribution in [0.3, 0.4) is 0 Å². The Labute approximate surface area is 88.8 Å². The number of sulfone groups is 1. The first kappa shape index (κ1) is 12.0. The lowest BCUT2D eigenvalue weighted by Gasteiger charge is -2.06. The van der Waals surface area contributed by atoms with E-state index in [4.69, 9.17) is 4.74 Å². The molecule has 0 aromatic heterocycles. The van der Waals surface area contributed by atoms with Crippen molar-refractivity contribution >= 4 is 9.84 Å². The molecule has 0 saturated carbocycles. The number of benzene rings is 1. The van der Waals surface area contributed by atoms with E-state index in [2.05, 4.69) is 0 Å². The van der Waals surface area contributed by atoms with Crippen LogP contribution in [0.4, 0.5) is 4.39 Å². The van der Waals surface area contributed by atoms with E-state index >= 15 is 0 Å². The van der Waals surface area contributed by atoms with Gasteiger partial charge in [-0.05, 0) is 24.6 Å². The zero-order valence-corrected chi connectivity index (χ0v) is 9.47. The van der Waals surface area contributed by atoms with Gasteiger partial charge < -0.3 is 4.74 Å². The lowest BCUT2D eigenvalue weighted by molar-refractivity contribution is 0.322. The number of hydrogen-bond donors (Lipinski definition) is 0. The third-order valence-electron chi connectivity index (χ3n) is 1.80. The van der Waals surface area contributed by atoms with E-state index in [0.29, 0.717) is 0 Å². The van der Waals surface area contributed by atoms with Crippen LogP contribution < -0.4 is 4.74 Å². The molecule has 5 heteroatoms. The molecular weight excluding hydrogens is 219 g/mol. The average Bonchev–Trinajstić information content (AvgIpc) is 2.09. The first-order valence-corrected chi connectivity index (χ1v) is 6.51. The van der Waals surface area contributed by atoms with Gasteiger partial charge in [0.15, 0.2) is 21.4 Å². The van der Waals surface area contributed by atoms with Crippen LogP contribution in [-0.2, 0) is 9.84 Å². The molecule has 15 heavy (non-hydrogen) atoms. The minimum atomic E-state index is -3.06. The Morgan fingerprint density at radius 2 is 2.07 bits per heavy atom. The van der Waals surface area contributed by atoms with Crippen molar-refractivity contribution in [2.45, 2.75) is 6.92 Å². The number of hydrogen-bond acceptors (Lipinski definition) is 3. The van der Waals surface area contributed by atoms with Gasteiger partial charge in [-0.15, -0.1) is 0 Å². The van der Waals surface area contributed by atoms with Gasteiger partial charge in [0.1, 0.15) is 6.61 Å². The zero-order chi connectivity index (χ0) is 11.5. The van der Waals surface area contributed by atoms with Gasteiger partial charge >= 0.3 is 0 Å². The fourth-order valence-electron chi connectivity index (χ4n) is 1.02. The molecule has 0 atom stereocenters. The van der Waals surface area contributed by atoms with E-state index in [0.717, 1.165) is 11.8 Å². The highest BCUT2D eigenvalue weighted by Gasteiger charge is 2.06. The van der Waals surface area contributed by atoms with Gasteiger partial charge in [0, 0.05) is 6.26 Å². The fraction of sp³-hybridized carbons (Fsp3) is 0.400. The minimum Gasteiger partial charge on any atom is -0.489 e. The Kier molecular flexibility index (Phi) is 3.68. The maximum Gasteiger partial charge on any atom is 0.165 e. The van der Waals surface area contributed by atoms with E-state index in [1.165, 1.54) is 12.1 Å². The van der Waals surface area contributed by atoms with E-state index in [9.17, 15) is 12.8 Å². The summed E-state index contributed by atoms with van der Waals surface area (Å²) in [7, 11) is -3.06. The molecule has 0 bridgehead atoms. The summed E-state index contributed by atoms with van der Waals surface area (Å²) in [5.41, 5.74) is 0.866. The second kappa shape index (κ2) is 4.61. The van der Waals surface area contributed by atoms with Crippen LogP contribution in [0, 0.1) is 12.7 Å². The summed E-state index contributed by atoms with van der Waals surface area (Å²) in [5, 5.41) is 0. The van der Waals surface area contributed by atoms with Crippen molar-refractivity contribution in [1.82, 2.24) is 0 Å². The topological polar surface area (TPSA) is 43.4 Å². The minimum absolute atomic E-state index is 0.0286. The Balaban J connectivity index is 2.61. The lowest BCUT2D eigenvalue weighted by Crippen LogP contribution is -2.12. The van der Waals surface area contributed by atoms with Crippen molar-refractivity contribution in [2.75, 3.05) is 18.6 Å². The number of rotatable bonds is 4. The van der Waals surface area contributed by atoms with Crippen molar-refractivity contribution < 1.29 is 17.5 Å². The first-order valence-electron chi connectivity index (χ1n) is 4.45. The summed E-state index contributed by atoms with van der Waals surface area (Å²) in [4.78, 5) is 0. The molecule has 0 unspecified atom stereocenters. The molecule has 0 saturated heterocycles. The molecule has 1 rings (SSSR count). The maximum atomic E-state index is 13.1. The number of ether oxygens (including phenoxy) is 1. The molecule has 0 N–H and O–H groups in total. The van der Waals surface area contributed by atoms with Crippen molar-refractivity contribution in [3.8, 4) is 5.75 Å². The van der Waals surface area contributed by atoms with Crippen LogP contribution in [0.1, 0.15) is 5.56 Å². The van der Waals surface area contributed by atoms with Crippen LogP contribution in [0.5, 0.6) is 5.75 Å². The Bertz CT molecular complexity index is 440. The predicted molar refractivity (Wildman–Crippen MR) is 56.3 cm³/mol. The fourth-order valence-corrected chi connectivity index (χ4v) is 1.41. The van der Waals surface area contributed by atoms with Crippen LogP contribution in [-0.4, -0.2) is 27.0 Å². The molecule has 0 fully saturated rings. The quantitative estimate of drug-likeness (QED) is 0.791. The number of halogens is 1. The Morgan fingerprint density at radius 1 is 1.40 bits per heavy atom. The second-order valence-electron chi connectivity index (χ2n) is 3.41. The zero-order valence-electron chi connectivity index (χ0n) is 8.66. The summed E-state index contributed by atoms with van der Waals surface area (Å²) in [5.74, 6) is -0.492. The first-order chi connectivity index (χ1) is 6.88. The van der Waals surface area contributed by atoms with Gasteiger partial charge in [0.25, 0.3) is 0 Å². The van der Waals surface area contributed by atoms with Crippen molar-refractivity contribution in [3.63, 3.8) is 0 Å². The monoisotopic (exact) mass is 232 g/mol. The third-order valence-corrected chi connectivity index (χ3v) is 2.71. The summed E-state index contributed by atoms with van der Waals surface area (Å²) in [6.45, 7) is 1.78. The predicted octanol–water partition coefficient (Wildman–Crippen LogP) is 1.56. The molecular formula is C10H13FO3S. The van der Waals surface area contributed by atoms with Gasteiger partial charge in [0.05, 0.1) is 5.75 Å². The van der Waals surface area contributed by atoms with Gasteiger partial charge in [0.2, 0.25) is 0 Å². The van der Waals surface area contributed by atoms with Gasteiger partial charge in [-0.2, -0.15) is 0 Å². The van der Waals surface area contributed by atoms with Crippen LogP contribution in [0.25, 0.3) is 0 Å². The Hall–Kier alpha value is -1.10. The van der Waals surface area contributed by atoms with E-state index < -0.39 is 15.7 Å². The molecule has 1 aromatic carbocycles. The summed E-state index contributed by atoms with van der Waals surface area (Å²) in [6, 6.07) is 4.46. The Morgan fingerprint density at radius 3 is 2.67 bits per heavy atom. The van der Waals surface area contributed by atoms with E-state index in [1.54, 1.807) is 6.07 Å². The molecule has 1 aromatic rings. The highest BCUT2D eigenvalue weighted by Crippen LogP contribution is 2.18. The molecule has 0 aliphatic carbocycles. The van der Waals surface area contributed by atoms with Gasteiger partial charge in [-0.1, -0.05) is 6.07 Å². The van der Waals surface area contributed by atoms with Gasteiger partial charge in [-0.3, -0.25) is 0 Å². The van der Waals surface area contributed by atoms with Gasteiger partial charge in [-0.25, -0.2) is 12.8 Å². The van der Waals surface area contributed by atoms with E-state index in [1.807, 2.05) is 6.92 Å². The number of aryl methyl sites for hydroxylation is 1. The second-order valence-corrected chi connectivity index (χ2v) is 5.67. The largest absolute Gasteiger partial charge is 0.489 e. The van der Waals surface area contributed by atoms with Crippen molar-refractivity contribution in [1.29, 1.82) is 0 Å². The smallest absolute Gasteiger partial charge is 0.165 e. The maximum absolute atomic E-state index is 13.1. The third kappa shape index (κ3) is 4.29. The molecule has 0 aliphatic rings. The average molecular weight is 232 g/mol. The highest BCUT2D eigenvalue weighted by atomic mass is 32.2. The molecule has 0 radical (unpaired) electrons. The van der Waals surface area contributed by atoms with Crippen molar-refractivity contribution in [2.24, 2.45) is 0 Å². The van der Waals surface area contributed by atoms with Crippen LogP contribution in [0.15, 0.2) is 18.2 Å². The summed E-state index contributed by atoms with van der Waals surface area (Å²) in [6.07, 6.45) is 1.11. The molecule has 3 nitrogen and oxygen atoms in total. The molecule has 0 spiro atoms. The molecule has 84 valence electrons. The molecule has 0 aliphatic heterocycles. The molecule has 0 heterocycles. The normalized spacial score (nSPS) is 11.4. The molecule has 0 amide bonds.